The number of carbonyl (C=O) groups is 1. The highest BCUT2D eigenvalue weighted by Gasteiger charge is 1.96. The van der Waals surface area contributed by atoms with Crippen molar-refractivity contribution >= 4 is 5.78 Å². The minimum Gasteiger partial charge on any atom is -0.381 e. The Labute approximate surface area is 61.5 Å². The molecule has 0 fully saturated rings. The number of nitrogens with two attached hydrogens (primary N) is 1. The van der Waals surface area contributed by atoms with Crippen LogP contribution in [-0.4, -0.2) is 25.5 Å². The number of carbonyl (C=O) groups excluding carboxylic acids is 1. The van der Waals surface area contributed by atoms with Crippen LogP contribution in [0.2, 0.25) is 0 Å². The topological polar surface area (TPSA) is 52.3 Å². The average molecular weight is 145 g/mol. The van der Waals surface area contributed by atoms with Gasteiger partial charge in [-0.15, -0.1) is 0 Å². The predicted molar refractivity (Wildman–Crippen MR) is 39.8 cm³/mol. The van der Waals surface area contributed by atoms with Crippen LogP contribution in [0.5, 0.6) is 0 Å². The lowest BCUT2D eigenvalue weighted by atomic mass is 10.3. The Morgan fingerprint density at radius 3 is 2.70 bits per heavy atom. The zero-order valence-corrected chi connectivity index (χ0v) is 6.43. The van der Waals surface area contributed by atoms with E-state index in [1.54, 1.807) is 0 Å². The smallest absolute Gasteiger partial charge is 0.148 e. The second-order valence-corrected chi connectivity index (χ2v) is 2.11. The van der Waals surface area contributed by atoms with Crippen molar-refractivity contribution in [2.75, 3.05) is 19.8 Å². The molecule has 0 saturated heterocycles. The second-order valence-electron chi connectivity index (χ2n) is 2.11. The van der Waals surface area contributed by atoms with Crippen LogP contribution in [0.4, 0.5) is 0 Å². The Balaban J connectivity index is 2.96. The summed E-state index contributed by atoms with van der Waals surface area (Å²) in [5, 5.41) is 0. The molecule has 60 valence electrons. The van der Waals surface area contributed by atoms with Gasteiger partial charge in [-0.3, -0.25) is 4.79 Å². The summed E-state index contributed by atoms with van der Waals surface area (Å²) >= 11 is 0. The summed E-state index contributed by atoms with van der Waals surface area (Å²) in [5.41, 5.74) is 5.08. The van der Waals surface area contributed by atoms with Crippen molar-refractivity contribution in [3.8, 4) is 0 Å². The van der Waals surface area contributed by atoms with Gasteiger partial charge in [-0.25, -0.2) is 0 Å². The average Bonchev–Trinajstić information content (AvgIpc) is 1.98. The van der Waals surface area contributed by atoms with E-state index in [9.17, 15) is 4.79 Å². The van der Waals surface area contributed by atoms with Gasteiger partial charge >= 0.3 is 0 Å². The Morgan fingerprint density at radius 1 is 1.50 bits per heavy atom. The highest BCUT2D eigenvalue weighted by molar-refractivity contribution is 5.80. The van der Waals surface area contributed by atoms with Gasteiger partial charge in [-0.1, -0.05) is 6.92 Å². The van der Waals surface area contributed by atoms with Gasteiger partial charge in [-0.2, -0.15) is 0 Å². The number of hydrogen-bond donors (Lipinski definition) is 1. The molecule has 0 unspecified atom stereocenters. The molecule has 0 aliphatic rings. The first-order valence-corrected chi connectivity index (χ1v) is 3.60. The van der Waals surface area contributed by atoms with Crippen LogP contribution in [0.3, 0.4) is 0 Å². The number of Topliss-reactive ketones (excluding diaryl/α,β-unsaturated/α-hetero) is 1. The molecule has 0 spiro atoms. The van der Waals surface area contributed by atoms with Crippen LogP contribution >= 0.6 is 0 Å². The Morgan fingerprint density at radius 2 is 2.20 bits per heavy atom. The zero-order valence-electron chi connectivity index (χ0n) is 6.43. The molecule has 0 aliphatic carbocycles. The molecule has 0 saturated carbocycles. The standard InChI is InChI=1S/C7H15NO2/c1-2-4-10-5-3-7(9)6-8/h2-6,8H2,1H3. The van der Waals surface area contributed by atoms with E-state index in [1.807, 2.05) is 6.92 Å². The van der Waals surface area contributed by atoms with E-state index in [4.69, 9.17) is 10.5 Å². The Kier molecular flexibility index (Phi) is 6.43. The lowest BCUT2D eigenvalue weighted by Crippen LogP contribution is -2.15. The van der Waals surface area contributed by atoms with Gasteiger partial charge in [0, 0.05) is 13.0 Å². The van der Waals surface area contributed by atoms with Crippen molar-refractivity contribution in [1.82, 2.24) is 0 Å². The van der Waals surface area contributed by atoms with E-state index < -0.39 is 0 Å². The fraction of sp³-hybridized carbons (Fsp3) is 0.857. The highest BCUT2D eigenvalue weighted by Crippen LogP contribution is 1.85. The van der Waals surface area contributed by atoms with Gasteiger partial charge in [0.2, 0.25) is 0 Å². The lowest BCUT2D eigenvalue weighted by Gasteiger charge is -1.99. The van der Waals surface area contributed by atoms with Crippen molar-refractivity contribution in [2.24, 2.45) is 5.73 Å². The molecule has 0 amide bonds. The monoisotopic (exact) mass is 145 g/mol. The molecule has 0 radical (unpaired) electrons. The maximum absolute atomic E-state index is 10.6. The summed E-state index contributed by atoms with van der Waals surface area (Å²) in [4.78, 5) is 10.6. The second kappa shape index (κ2) is 6.71. The largest absolute Gasteiger partial charge is 0.381 e. The molecule has 0 aromatic rings. The number of ketones is 1. The van der Waals surface area contributed by atoms with E-state index in [1.165, 1.54) is 0 Å². The summed E-state index contributed by atoms with van der Waals surface area (Å²) in [6.45, 7) is 3.42. The van der Waals surface area contributed by atoms with Gasteiger partial charge in [0.05, 0.1) is 13.2 Å². The van der Waals surface area contributed by atoms with E-state index >= 15 is 0 Å². The van der Waals surface area contributed by atoms with Gasteiger partial charge < -0.3 is 10.5 Å². The molecule has 0 bridgehead atoms. The van der Waals surface area contributed by atoms with Gasteiger partial charge in [0.25, 0.3) is 0 Å². The highest BCUT2D eigenvalue weighted by atomic mass is 16.5. The molecule has 0 aromatic carbocycles. The first kappa shape index (κ1) is 9.59. The minimum absolute atomic E-state index is 0.0658. The summed E-state index contributed by atoms with van der Waals surface area (Å²) in [6.07, 6.45) is 1.45. The quantitative estimate of drug-likeness (QED) is 0.548. The van der Waals surface area contributed by atoms with E-state index in [0.717, 1.165) is 13.0 Å². The number of ether oxygens (including phenoxy) is 1. The molecule has 0 heterocycles. The van der Waals surface area contributed by atoms with Gasteiger partial charge in [0.15, 0.2) is 0 Å². The summed E-state index contributed by atoms with van der Waals surface area (Å²) in [5.74, 6) is 0.0658. The van der Waals surface area contributed by atoms with E-state index in [2.05, 4.69) is 0 Å². The first-order valence-electron chi connectivity index (χ1n) is 3.60. The molecular formula is C7H15NO2. The number of hydrogen-bond acceptors (Lipinski definition) is 3. The molecule has 3 nitrogen and oxygen atoms in total. The van der Waals surface area contributed by atoms with Crippen LogP contribution in [0.1, 0.15) is 19.8 Å². The maximum Gasteiger partial charge on any atom is 0.148 e. The normalized spacial score (nSPS) is 9.80. The van der Waals surface area contributed by atoms with Crippen molar-refractivity contribution < 1.29 is 9.53 Å². The third kappa shape index (κ3) is 5.72. The molecule has 0 aliphatic heterocycles. The van der Waals surface area contributed by atoms with E-state index in [-0.39, 0.29) is 12.3 Å². The molecule has 0 rings (SSSR count). The third-order valence-corrected chi connectivity index (χ3v) is 1.10. The van der Waals surface area contributed by atoms with E-state index in [0.29, 0.717) is 13.0 Å². The third-order valence-electron chi connectivity index (χ3n) is 1.10. The molecule has 0 atom stereocenters. The van der Waals surface area contributed by atoms with Crippen molar-refractivity contribution in [3.05, 3.63) is 0 Å². The maximum atomic E-state index is 10.6. The Bertz CT molecular complexity index is 93.6. The fourth-order valence-electron chi connectivity index (χ4n) is 0.534. The lowest BCUT2D eigenvalue weighted by molar-refractivity contribution is -0.118. The van der Waals surface area contributed by atoms with Crippen molar-refractivity contribution in [2.45, 2.75) is 19.8 Å². The summed E-state index contributed by atoms with van der Waals surface area (Å²) in [6, 6.07) is 0. The summed E-state index contributed by atoms with van der Waals surface area (Å²) < 4.78 is 5.08. The molecule has 0 aromatic heterocycles. The zero-order chi connectivity index (χ0) is 7.82. The van der Waals surface area contributed by atoms with Gasteiger partial charge in [0.1, 0.15) is 5.78 Å². The van der Waals surface area contributed by atoms with Crippen molar-refractivity contribution in [3.63, 3.8) is 0 Å². The fourth-order valence-corrected chi connectivity index (χ4v) is 0.534. The molecule has 3 heteroatoms. The molecule has 10 heavy (non-hydrogen) atoms. The predicted octanol–water partition coefficient (Wildman–Crippen LogP) is 0.331. The van der Waals surface area contributed by atoms with Gasteiger partial charge in [-0.05, 0) is 6.42 Å². The van der Waals surface area contributed by atoms with Crippen LogP contribution in [0, 0.1) is 0 Å². The van der Waals surface area contributed by atoms with Crippen LogP contribution < -0.4 is 5.73 Å². The Hall–Kier alpha value is -0.410. The number of rotatable bonds is 6. The first-order chi connectivity index (χ1) is 4.81. The van der Waals surface area contributed by atoms with Crippen LogP contribution in [-0.2, 0) is 9.53 Å². The molecular weight excluding hydrogens is 130 g/mol. The minimum atomic E-state index is 0.0658. The van der Waals surface area contributed by atoms with Crippen LogP contribution in [0.15, 0.2) is 0 Å². The van der Waals surface area contributed by atoms with Crippen LogP contribution in [0.25, 0.3) is 0 Å². The SMILES string of the molecule is CCCOCCC(=O)CN. The van der Waals surface area contributed by atoms with Crippen molar-refractivity contribution in [1.29, 1.82) is 0 Å². The summed E-state index contributed by atoms with van der Waals surface area (Å²) in [7, 11) is 0. The molecule has 2 N–H and O–H groups in total.